The van der Waals surface area contributed by atoms with E-state index in [4.69, 9.17) is 4.74 Å². The number of alkyl carbamates (subject to hydrolysis) is 1. The van der Waals surface area contributed by atoms with Gasteiger partial charge in [-0.2, -0.15) is 13.2 Å². The summed E-state index contributed by atoms with van der Waals surface area (Å²) < 4.78 is 44.8. The molecule has 1 aromatic heterocycles. The smallest absolute Gasteiger partial charge is 0.431 e. The molecule has 0 aliphatic carbocycles. The number of carbonyl (C=O) groups is 2. The monoisotopic (exact) mass is 457 g/mol. The van der Waals surface area contributed by atoms with Gasteiger partial charge < -0.3 is 15.2 Å². The van der Waals surface area contributed by atoms with Gasteiger partial charge in [0.2, 0.25) is 0 Å². The van der Waals surface area contributed by atoms with Crippen molar-refractivity contribution in [3.05, 3.63) is 62.4 Å². The van der Waals surface area contributed by atoms with Crippen LogP contribution in [0.4, 0.5) is 18.0 Å². The van der Waals surface area contributed by atoms with E-state index in [1.165, 1.54) is 24.3 Å². The molecule has 0 spiro atoms. The molecule has 0 radical (unpaired) electrons. The molecule has 0 unspecified atom stereocenters. The van der Waals surface area contributed by atoms with Crippen molar-refractivity contribution < 1.29 is 32.6 Å². The van der Waals surface area contributed by atoms with Crippen LogP contribution in [0.2, 0.25) is 0 Å². The SMILES string of the molecule is Cn1c(C(F)(F)F)cc(=O)n(-c2ccc(C[C@H](NC(=O)OC(C)(C)C)C(=O)O)cc2)c1=O. The lowest BCUT2D eigenvalue weighted by atomic mass is 10.1. The Morgan fingerprint density at radius 2 is 1.69 bits per heavy atom. The number of aliphatic carboxylic acids is 1. The number of benzene rings is 1. The van der Waals surface area contributed by atoms with E-state index >= 15 is 0 Å². The molecule has 0 fully saturated rings. The minimum Gasteiger partial charge on any atom is -0.480 e. The molecule has 0 saturated carbocycles. The van der Waals surface area contributed by atoms with E-state index in [0.717, 1.165) is 7.05 Å². The molecule has 12 heteroatoms. The summed E-state index contributed by atoms with van der Waals surface area (Å²) in [6.07, 6.45) is -5.93. The summed E-state index contributed by atoms with van der Waals surface area (Å²) >= 11 is 0. The molecule has 0 bridgehead atoms. The number of carboxylic acid groups (broad SMARTS) is 1. The second-order valence-electron chi connectivity index (χ2n) is 7.95. The van der Waals surface area contributed by atoms with Crippen LogP contribution in [-0.4, -0.2) is 37.9 Å². The van der Waals surface area contributed by atoms with Gasteiger partial charge in [-0.15, -0.1) is 0 Å². The van der Waals surface area contributed by atoms with Crippen molar-refractivity contribution in [2.75, 3.05) is 0 Å². The molecule has 9 nitrogen and oxygen atoms in total. The number of alkyl halides is 3. The number of ether oxygens (including phenoxy) is 1. The number of halogens is 3. The molecule has 32 heavy (non-hydrogen) atoms. The van der Waals surface area contributed by atoms with Crippen molar-refractivity contribution in [2.24, 2.45) is 7.05 Å². The quantitative estimate of drug-likeness (QED) is 0.710. The second-order valence-corrected chi connectivity index (χ2v) is 7.95. The maximum atomic E-state index is 13.0. The van der Waals surface area contributed by atoms with E-state index in [-0.39, 0.29) is 12.1 Å². The van der Waals surface area contributed by atoms with Crippen LogP contribution in [0.25, 0.3) is 5.69 Å². The first-order valence-electron chi connectivity index (χ1n) is 9.32. The van der Waals surface area contributed by atoms with Crippen molar-refractivity contribution in [3.8, 4) is 5.69 Å². The van der Waals surface area contributed by atoms with E-state index in [9.17, 15) is 37.5 Å². The number of nitrogens with one attached hydrogen (secondary N) is 1. The summed E-state index contributed by atoms with van der Waals surface area (Å²) in [7, 11) is 0.898. The standard InChI is InChI=1S/C20H22F3N3O6/c1-19(2,3)32-17(30)24-13(16(28)29)9-11-5-7-12(8-6-11)26-15(27)10-14(20(21,22)23)25(4)18(26)31/h5-8,10,13H,9H2,1-4H3,(H,24,30)(H,28,29)/t13-/m0/s1. The van der Waals surface area contributed by atoms with Crippen molar-refractivity contribution in [1.82, 2.24) is 14.5 Å². The molecule has 1 amide bonds. The zero-order chi connectivity index (χ0) is 24.4. The molecule has 1 heterocycles. The van der Waals surface area contributed by atoms with E-state index in [1.807, 2.05) is 0 Å². The zero-order valence-corrected chi connectivity index (χ0v) is 17.7. The van der Waals surface area contributed by atoms with Gasteiger partial charge in [0, 0.05) is 19.5 Å². The lowest BCUT2D eigenvalue weighted by Gasteiger charge is -2.22. The molecule has 174 valence electrons. The number of aromatic nitrogens is 2. The van der Waals surface area contributed by atoms with Gasteiger partial charge in [0.15, 0.2) is 0 Å². The van der Waals surface area contributed by atoms with Gasteiger partial charge in [-0.1, -0.05) is 12.1 Å². The average Bonchev–Trinajstić information content (AvgIpc) is 2.63. The highest BCUT2D eigenvalue weighted by Gasteiger charge is 2.35. The lowest BCUT2D eigenvalue weighted by Crippen LogP contribution is -2.44. The molecular formula is C20H22F3N3O6. The van der Waals surface area contributed by atoms with Crippen LogP contribution in [0.1, 0.15) is 32.0 Å². The van der Waals surface area contributed by atoms with Crippen LogP contribution < -0.4 is 16.6 Å². The topological polar surface area (TPSA) is 120 Å². The summed E-state index contributed by atoms with van der Waals surface area (Å²) in [5, 5.41) is 11.6. The number of amides is 1. The summed E-state index contributed by atoms with van der Waals surface area (Å²) in [6, 6.07) is 4.37. The molecular weight excluding hydrogens is 435 g/mol. The third-order valence-electron chi connectivity index (χ3n) is 4.23. The molecule has 1 atom stereocenters. The van der Waals surface area contributed by atoms with Gasteiger partial charge in [-0.3, -0.25) is 9.36 Å². The highest BCUT2D eigenvalue weighted by atomic mass is 19.4. The van der Waals surface area contributed by atoms with Crippen LogP contribution in [0.5, 0.6) is 0 Å². The molecule has 0 aliphatic rings. The number of hydrogen-bond acceptors (Lipinski definition) is 5. The van der Waals surface area contributed by atoms with Crippen molar-refractivity contribution in [3.63, 3.8) is 0 Å². The Hall–Kier alpha value is -3.57. The lowest BCUT2D eigenvalue weighted by molar-refractivity contribution is -0.144. The van der Waals surface area contributed by atoms with Crippen LogP contribution in [0.3, 0.4) is 0 Å². The van der Waals surface area contributed by atoms with Gasteiger partial charge in [0.1, 0.15) is 17.3 Å². The fraction of sp³-hybridized carbons (Fsp3) is 0.400. The number of hydrogen-bond donors (Lipinski definition) is 2. The number of rotatable bonds is 5. The van der Waals surface area contributed by atoms with Crippen molar-refractivity contribution >= 4 is 12.1 Å². The van der Waals surface area contributed by atoms with Crippen LogP contribution in [0, 0.1) is 0 Å². The van der Waals surface area contributed by atoms with Crippen LogP contribution in [0.15, 0.2) is 39.9 Å². The Labute approximate surface area is 180 Å². The summed E-state index contributed by atoms with van der Waals surface area (Å²) in [5.74, 6) is -1.31. The third kappa shape index (κ3) is 5.99. The fourth-order valence-corrected chi connectivity index (χ4v) is 2.80. The molecule has 2 rings (SSSR count). The molecule has 2 aromatic rings. The van der Waals surface area contributed by atoms with Crippen molar-refractivity contribution in [2.45, 2.75) is 45.0 Å². The van der Waals surface area contributed by atoms with Gasteiger partial charge in [0.05, 0.1) is 5.69 Å². The molecule has 0 saturated heterocycles. The van der Waals surface area contributed by atoms with E-state index < -0.39 is 46.8 Å². The van der Waals surface area contributed by atoms with E-state index in [1.54, 1.807) is 20.8 Å². The first kappa shape index (κ1) is 24.7. The van der Waals surface area contributed by atoms with Crippen LogP contribution in [-0.2, 0) is 29.2 Å². The highest BCUT2D eigenvalue weighted by Crippen LogP contribution is 2.27. The summed E-state index contributed by atoms with van der Waals surface area (Å²) in [5.41, 5.74) is -4.13. The Morgan fingerprint density at radius 3 is 2.16 bits per heavy atom. The van der Waals surface area contributed by atoms with Gasteiger partial charge >= 0.3 is 23.9 Å². The molecule has 2 N–H and O–H groups in total. The second kappa shape index (κ2) is 8.89. The van der Waals surface area contributed by atoms with Crippen LogP contribution >= 0.6 is 0 Å². The molecule has 1 aromatic carbocycles. The predicted octanol–water partition coefficient (Wildman–Crippen LogP) is 2.08. The minimum absolute atomic E-state index is 0.0000472. The first-order chi connectivity index (χ1) is 14.6. The third-order valence-corrected chi connectivity index (χ3v) is 4.23. The van der Waals surface area contributed by atoms with E-state index in [2.05, 4.69) is 5.32 Å². The largest absolute Gasteiger partial charge is 0.480 e. The summed E-state index contributed by atoms with van der Waals surface area (Å²) in [4.78, 5) is 47.8. The van der Waals surface area contributed by atoms with E-state index in [0.29, 0.717) is 20.8 Å². The Morgan fingerprint density at radius 1 is 1.12 bits per heavy atom. The Bertz CT molecular complexity index is 1130. The fourth-order valence-electron chi connectivity index (χ4n) is 2.80. The number of carboxylic acids is 1. The first-order valence-corrected chi connectivity index (χ1v) is 9.32. The predicted molar refractivity (Wildman–Crippen MR) is 107 cm³/mol. The van der Waals surface area contributed by atoms with Gasteiger partial charge in [0.25, 0.3) is 5.56 Å². The van der Waals surface area contributed by atoms with Crippen molar-refractivity contribution in [1.29, 1.82) is 0 Å². The Balaban J connectivity index is 2.29. The van der Waals surface area contributed by atoms with Gasteiger partial charge in [-0.05, 0) is 38.5 Å². The Kier molecular flexibility index (Phi) is 6.86. The zero-order valence-electron chi connectivity index (χ0n) is 17.7. The maximum absolute atomic E-state index is 13.0. The average molecular weight is 457 g/mol. The summed E-state index contributed by atoms with van der Waals surface area (Å²) in [6.45, 7) is 4.86. The number of nitrogens with zero attached hydrogens (tertiary/aromatic N) is 2. The maximum Gasteiger partial charge on any atom is 0.431 e. The van der Waals surface area contributed by atoms with Gasteiger partial charge in [-0.25, -0.2) is 19.0 Å². The minimum atomic E-state index is -4.87. The normalized spacial score (nSPS) is 12.8. The highest BCUT2D eigenvalue weighted by molar-refractivity contribution is 5.80. The molecule has 0 aliphatic heterocycles. The number of carbonyl (C=O) groups excluding carboxylic acids is 1.